The van der Waals surface area contributed by atoms with Crippen LogP contribution in [0.2, 0.25) is 0 Å². The summed E-state index contributed by atoms with van der Waals surface area (Å²) >= 11 is 0. The maximum absolute atomic E-state index is 12.1. The monoisotopic (exact) mass is 258 g/mol. The van der Waals surface area contributed by atoms with Crippen LogP contribution < -0.4 is 5.73 Å². The number of anilines is 1. The topological polar surface area (TPSA) is 56.0 Å². The molecule has 1 aromatic carbocycles. The molecule has 0 fully saturated rings. The molecular formula is C14H15N2OP. The Morgan fingerprint density at radius 3 is 2.89 bits per heavy atom. The number of nitrogens with two attached hydrogens (primary N) is 1. The van der Waals surface area contributed by atoms with Crippen LogP contribution in [0.15, 0.2) is 36.4 Å². The van der Waals surface area contributed by atoms with E-state index in [1.807, 2.05) is 43.3 Å². The quantitative estimate of drug-likeness (QED) is 0.485. The van der Waals surface area contributed by atoms with Crippen LogP contribution in [0, 0.1) is 6.92 Å². The third-order valence-corrected chi connectivity index (χ3v) is 5.20. The predicted molar refractivity (Wildman–Crippen MR) is 76.6 cm³/mol. The van der Waals surface area contributed by atoms with Crippen LogP contribution >= 0.6 is 7.80 Å². The molecule has 0 saturated carbocycles. The van der Waals surface area contributed by atoms with Gasteiger partial charge in [0.05, 0.1) is 19.0 Å². The summed E-state index contributed by atoms with van der Waals surface area (Å²) in [5.74, 6) is 0. The number of benzene rings is 1. The molecule has 0 radical (unpaired) electrons. The smallest absolute Gasteiger partial charge is 0.0906 e. The second kappa shape index (κ2) is 4.25. The van der Waals surface area contributed by atoms with Gasteiger partial charge in [-0.2, -0.15) is 0 Å². The van der Waals surface area contributed by atoms with Gasteiger partial charge in [-0.1, -0.05) is 18.2 Å². The number of hydrogen-bond acceptors (Lipinski definition) is 3. The van der Waals surface area contributed by atoms with E-state index in [-0.39, 0.29) is 5.66 Å². The van der Waals surface area contributed by atoms with Gasteiger partial charge in [-0.15, -0.1) is 0 Å². The van der Waals surface area contributed by atoms with Crippen molar-refractivity contribution >= 4 is 24.4 Å². The van der Waals surface area contributed by atoms with Gasteiger partial charge < -0.3 is 10.3 Å². The van der Waals surface area contributed by atoms with E-state index in [2.05, 4.69) is 4.98 Å². The van der Waals surface area contributed by atoms with Crippen LogP contribution in [0.1, 0.15) is 16.9 Å². The van der Waals surface area contributed by atoms with E-state index in [1.165, 1.54) is 0 Å². The first-order valence-corrected chi connectivity index (χ1v) is 7.71. The lowest BCUT2D eigenvalue weighted by Crippen LogP contribution is -1.99. The first-order valence-electron chi connectivity index (χ1n) is 6.02. The van der Waals surface area contributed by atoms with E-state index in [0.29, 0.717) is 11.8 Å². The van der Waals surface area contributed by atoms with Crippen LogP contribution in [0.5, 0.6) is 0 Å². The molecule has 0 saturated heterocycles. The second-order valence-corrected chi connectivity index (χ2v) is 6.63. The molecule has 0 bridgehead atoms. The fourth-order valence-electron chi connectivity index (χ4n) is 2.50. The number of aromatic nitrogens is 1. The van der Waals surface area contributed by atoms with Gasteiger partial charge >= 0.3 is 0 Å². The van der Waals surface area contributed by atoms with Gasteiger partial charge in [0.15, 0.2) is 0 Å². The first-order chi connectivity index (χ1) is 8.66. The highest BCUT2D eigenvalue weighted by atomic mass is 31.1. The molecular weight excluding hydrogens is 243 g/mol. The molecule has 1 aliphatic rings. The molecule has 2 atom stereocenters. The third kappa shape index (κ3) is 1.75. The molecule has 0 spiro atoms. The highest BCUT2D eigenvalue weighted by Gasteiger charge is 2.23. The Morgan fingerprint density at radius 1 is 1.33 bits per heavy atom. The van der Waals surface area contributed by atoms with E-state index in [1.54, 1.807) is 0 Å². The van der Waals surface area contributed by atoms with E-state index in [4.69, 9.17) is 5.73 Å². The Bertz CT molecular complexity index is 679. The van der Waals surface area contributed by atoms with Gasteiger partial charge in [0.25, 0.3) is 0 Å². The summed E-state index contributed by atoms with van der Waals surface area (Å²) in [6.07, 6.45) is 4.70. The number of nitrogen functional groups attached to an aromatic ring is 1. The van der Waals surface area contributed by atoms with Crippen molar-refractivity contribution in [3.8, 4) is 0 Å². The van der Waals surface area contributed by atoms with Crippen molar-refractivity contribution < 1.29 is 4.57 Å². The van der Waals surface area contributed by atoms with Crippen LogP contribution in [-0.2, 0) is 4.57 Å². The van der Waals surface area contributed by atoms with Crippen molar-refractivity contribution in [2.45, 2.75) is 12.6 Å². The summed E-state index contributed by atoms with van der Waals surface area (Å²) in [4.78, 5) is 4.50. The lowest BCUT2D eigenvalue weighted by molar-refractivity contribution is 0.587. The standard InChI is InChI=1S/C14H15N2OP/c1-9-4-5-10-12(16-9)7-6-11(15)14(10)13-3-2-8-18(13)17/h2-7,13,18H,8,15H2,1H3. The van der Waals surface area contributed by atoms with Gasteiger partial charge in [0.1, 0.15) is 0 Å². The summed E-state index contributed by atoms with van der Waals surface area (Å²) in [6, 6.07) is 7.80. The molecule has 0 amide bonds. The number of allylic oxidation sites excluding steroid dienone is 2. The fraction of sp³-hybridized carbons (Fsp3) is 0.214. The largest absolute Gasteiger partial charge is 0.398 e. The highest BCUT2D eigenvalue weighted by Crippen LogP contribution is 2.49. The van der Waals surface area contributed by atoms with Crippen molar-refractivity contribution in [1.29, 1.82) is 0 Å². The van der Waals surface area contributed by atoms with E-state index < -0.39 is 7.80 Å². The molecule has 2 heterocycles. The Morgan fingerprint density at radius 2 is 2.17 bits per heavy atom. The summed E-state index contributed by atoms with van der Waals surface area (Å²) in [6.45, 7) is 1.97. The van der Waals surface area contributed by atoms with Crippen molar-refractivity contribution in [2.75, 3.05) is 11.9 Å². The number of hydrogen-bond donors (Lipinski definition) is 1. The number of pyridine rings is 1. The van der Waals surface area contributed by atoms with Crippen molar-refractivity contribution in [3.05, 3.63) is 47.7 Å². The molecule has 4 heteroatoms. The Balaban J connectivity index is 2.29. The van der Waals surface area contributed by atoms with Crippen molar-refractivity contribution in [2.24, 2.45) is 0 Å². The Labute approximate surface area is 107 Å². The zero-order valence-corrected chi connectivity index (χ0v) is 11.2. The summed E-state index contributed by atoms with van der Waals surface area (Å²) in [7, 11) is -1.64. The van der Waals surface area contributed by atoms with Crippen LogP contribution in [-0.4, -0.2) is 11.1 Å². The molecule has 3 rings (SSSR count). The first kappa shape index (κ1) is 11.5. The minimum Gasteiger partial charge on any atom is -0.398 e. The zero-order valence-electron chi connectivity index (χ0n) is 10.2. The normalized spacial score (nSPS) is 22.7. The number of rotatable bonds is 1. The third-order valence-electron chi connectivity index (χ3n) is 3.39. The van der Waals surface area contributed by atoms with Crippen LogP contribution in [0.3, 0.4) is 0 Å². The summed E-state index contributed by atoms with van der Waals surface area (Å²) < 4.78 is 12.1. The minimum atomic E-state index is -1.64. The average molecular weight is 258 g/mol. The SMILES string of the molecule is Cc1ccc2c(C3C=CC[PH]3=O)c(N)ccc2n1. The molecule has 3 nitrogen and oxygen atoms in total. The van der Waals surface area contributed by atoms with E-state index in [0.717, 1.165) is 22.2 Å². The van der Waals surface area contributed by atoms with Gasteiger partial charge in [0, 0.05) is 22.9 Å². The Hall–Kier alpha value is -1.60. The number of fused-ring (bicyclic) bond motifs is 1. The maximum atomic E-state index is 12.1. The minimum absolute atomic E-state index is 0.0248. The van der Waals surface area contributed by atoms with Gasteiger partial charge in [0.2, 0.25) is 0 Å². The fourth-order valence-corrected chi connectivity index (χ4v) is 4.12. The number of nitrogens with zero attached hydrogens (tertiary/aromatic N) is 1. The Kier molecular flexibility index (Phi) is 2.71. The van der Waals surface area contributed by atoms with Crippen LogP contribution in [0.4, 0.5) is 5.69 Å². The summed E-state index contributed by atoms with van der Waals surface area (Å²) in [5.41, 5.74) is 9.66. The molecule has 1 aromatic heterocycles. The van der Waals surface area contributed by atoms with Gasteiger partial charge in [-0.25, -0.2) is 0 Å². The predicted octanol–water partition coefficient (Wildman–Crippen LogP) is 3.30. The average Bonchev–Trinajstić information content (AvgIpc) is 2.76. The van der Waals surface area contributed by atoms with E-state index >= 15 is 0 Å². The molecule has 2 unspecified atom stereocenters. The number of aryl methyl sites for hydroxylation is 1. The lowest BCUT2D eigenvalue weighted by atomic mass is 10.0. The second-order valence-electron chi connectivity index (χ2n) is 4.66. The highest BCUT2D eigenvalue weighted by molar-refractivity contribution is 7.46. The summed E-state index contributed by atoms with van der Waals surface area (Å²) in [5, 5.41) is 1.02. The van der Waals surface area contributed by atoms with Gasteiger partial charge in [-0.05, 0) is 30.7 Å². The maximum Gasteiger partial charge on any atom is 0.0906 e. The molecule has 2 N–H and O–H groups in total. The van der Waals surface area contributed by atoms with Gasteiger partial charge in [-0.3, -0.25) is 4.98 Å². The molecule has 1 aliphatic heterocycles. The molecule has 0 aliphatic carbocycles. The van der Waals surface area contributed by atoms with Crippen molar-refractivity contribution in [1.82, 2.24) is 4.98 Å². The molecule has 92 valence electrons. The molecule has 18 heavy (non-hydrogen) atoms. The van der Waals surface area contributed by atoms with Crippen LogP contribution in [0.25, 0.3) is 10.9 Å². The molecule has 2 aromatic rings. The lowest BCUT2D eigenvalue weighted by Gasteiger charge is -2.14. The zero-order chi connectivity index (χ0) is 12.7. The van der Waals surface area contributed by atoms with E-state index in [9.17, 15) is 4.57 Å². The van der Waals surface area contributed by atoms with Crippen molar-refractivity contribution in [3.63, 3.8) is 0 Å².